The summed E-state index contributed by atoms with van der Waals surface area (Å²) in [7, 11) is 0. The van der Waals surface area contributed by atoms with Crippen LogP contribution in [0.15, 0.2) is 49.1 Å². The smallest absolute Gasteiger partial charge is 0.267 e. The highest BCUT2D eigenvalue weighted by Crippen LogP contribution is 2.08. The highest BCUT2D eigenvalue weighted by Gasteiger charge is 2.21. The van der Waals surface area contributed by atoms with Crippen molar-refractivity contribution in [1.29, 1.82) is 0 Å². The fourth-order valence-electron chi connectivity index (χ4n) is 2.12. The molecule has 3 heterocycles. The van der Waals surface area contributed by atoms with Gasteiger partial charge in [0, 0.05) is 18.1 Å². The molecule has 3 rings (SSSR count). The van der Waals surface area contributed by atoms with E-state index in [0.29, 0.717) is 6.54 Å². The lowest BCUT2D eigenvalue weighted by atomic mass is 10.1. The van der Waals surface area contributed by atoms with Crippen molar-refractivity contribution in [1.82, 2.24) is 24.7 Å². The number of Topliss-reactive ketones (excluding diaryl/α,β-unsaturated/α-hetero) is 2. The van der Waals surface area contributed by atoms with Crippen molar-refractivity contribution in [3.63, 3.8) is 0 Å². The lowest BCUT2D eigenvalue weighted by Gasteiger charge is -2.07. The molecular formula is C15H13N5O2. The number of nitrogens with zero attached hydrogens (tertiary/aromatic N) is 4. The summed E-state index contributed by atoms with van der Waals surface area (Å²) < 4.78 is 1.89. The van der Waals surface area contributed by atoms with E-state index in [4.69, 9.17) is 0 Å². The van der Waals surface area contributed by atoms with Gasteiger partial charge >= 0.3 is 0 Å². The summed E-state index contributed by atoms with van der Waals surface area (Å²) in [6.07, 6.45) is 4.85. The first-order chi connectivity index (χ1) is 10.7. The van der Waals surface area contributed by atoms with E-state index in [1.54, 1.807) is 6.20 Å². The predicted molar refractivity (Wildman–Crippen MR) is 77.2 cm³/mol. The Kier molecular flexibility index (Phi) is 3.86. The number of ketones is 2. The SMILES string of the molecule is O=C(Cc1cccn1Cc1ccccn1)C(=O)c1nc[nH]n1. The molecule has 0 radical (unpaired) electrons. The van der Waals surface area contributed by atoms with Gasteiger partial charge in [-0.1, -0.05) is 6.07 Å². The van der Waals surface area contributed by atoms with E-state index in [1.807, 2.05) is 41.1 Å². The molecule has 3 aromatic heterocycles. The summed E-state index contributed by atoms with van der Waals surface area (Å²) >= 11 is 0. The molecule has 0 unspecified atom stereocenters. The van der Waals surface area contributed by atoms with Crippen LogP contribution >= 0.6 is 0 Å². The van der Waals surface area contributed by atoms with E-state index in [0.717, 1.165) is 11.4 Å². The van der Waals surface area contributed by atoms with E-state index in [-0.39, 0.29) is 12.2 Å². The zero-order valence-electron chi connectivity index (χ0n) is 11.6. The number of hydrogen-bond donors (Lipinski definition) is 1. The molecule has 0 atom stereocenters. The third kappa shape index (κ3) is 2.98. The second kappa shape index (κ2) is 6.13. The minimum atomic E-state index is -0.688. The van der Waals surface area contributed by atoms with E-state index in [9.17, 15) is 9.59 Å². The van der Waals surface area contributed by atoms with Crippen molar-refractivity contribution < 1.29 is 9.59 Å². The molecule has 22 heavy (non-hydrogen) atoms. The molecule has 0 aliphatic carbocycles. The summed E-state index contributed by atoms with van der Waals surface area (Å²) in [4.78, 5) is 31.9. The zero-order valence-corrected chi connectivity index (χ0v) is 11.6. The van der Waals surface area contributed by atoms with Crippen molar-refractivity contribution in [3.05, 3.63) is 66.3 Å². The fraction of sp³-hybridized carbons (Fsp3) is 0.133. The van der Waals surface area contributed by atoms with Crippen LogP contribution in [0.3, 0.4) is 0 Å². The largest absolute Gasteiger partial charge is 0.345 e. The van der Waals surface area contributed by atoms with Gasteiger partial charge in [0.05, 0.1) is 18.7 Å². The first-order valence-electron chi connectivity index (χ1n) is 6.71. The summed E-state index contributed by atoms with van der Waals surface area (Å²) in [6.45, 7) is 0.547. The number of rotatable bonds is 6. The minimum absolute atomic E-state index is 0.00715. The number of H-pyrrole nitrogens is 1. The van der Waals surface area contributed by atoms with Crippen LogP contribution in [0.5, 0.6) is 0 Å². The Morgan fingerprint density at radius 2 is 2.05 bits per heavy atom. The van der Waals surface area contributed by atoms with E-state index < -0.39 is 11.6 Å². The predicted octanol–water partition coefficient (Wildman–Crippen LogP) is 1.04. The highest BCUT2D eigenvalue weighted by molar-refractivity contribution is 6.43. The number of carbonyl (C=O) groups excluding carboxylic acids is 2. The Labute approximate surface area is 126 Å². The van der Waals surface area contributed by atoms with Crippen molar-refractivity contribution in [2.24, 2.45) is 0 Å². The van der Waals surface area contributed by atoms with Crippen LogP contribution < -0.4 is 0 Å². The monoisotopic (exact) mass is 295 g/mol. The third-order valence-corrected chi connectivity index (χ3v) is 3.20. The number of carbonyl (C=O) groups is 2. The number of nitrogens with one attached hydrogen (secondary N) is 1. The van der Waals surface area contributed by atoms with E-state index in [2.05, 4.69) is 20.2 Å². The molecule has 7 nitrogen and oxygen atoms in total. The average molecular weight is 295 g/mol. The summed E-state index contributed by atoms with van der Waals surface area (Å²) in [5, 5.41) is 6.05. The maximum atomic E-state index is 12.0. The summed E-state index contributed by atoms with van der Waals surface area (Å²) in [5.41, 5.74) is 1.63. The van der Waals surface area contributed by atoms with Crippen LogP contribution in [0, 0.1) is 0 Å². The molecule has 7 heteroatoms. The van der Waals surface area contributed by atoms with Crippen molar-refractivity contribution in [2.45, 2.75) is 13.0 Å². The summed E-state index contributed by atoms with van der Waals surface area (Å²) in [5.74, 6) is -1.33. The van der Waals surface area contributed by atoms with Gasteiger partial charge in [0.25, 0.3) is 5.78 Å². The van der Waals surface area contributed by atoms with E-state index in [1.165, 1.54) is 6.33 Å². The van der Waals surface area contributed by atoms with Crippen LogP contribution in [0.4, 0.5) is 0 Å². The van der Waals surface area contributed by atoms with Crippen molar-refractivity contribution in [2.75, 3.05) is 0 Å². The molecule has 0 amide bonds. The Balaban J connectivity index is 1.72. The normalized spacial score (nSPS) is 10.5. The number of aromatic amines is 1. The van der Waals surface area contributed by atoms with Gasteiger partial charge in [0.15, 0.2) is 0 Å². The first-order valence-corrected chi connectivity index (χ1v) is 6.71. The van der Waals surface area contributed by atoms with Gasteiger partial charge in [0.2, 0.25) is 11.6 Å². The molecule has 0 spiro atoms. The van der Waals surface area contributed by atoms with Gasteiger partial charge in [0.1, 0.15) is 6.33 Å². The standard InChI is InChI=1S/C15H13N5O2/c21-13(14(22)15-17-10-18-19-15)8-12-5-3-7-20(12)9-11-4-1-2-6-16-11/h1-7,10H,8-9H2,(H,17,18,19). The molecule has 0 saturated carbocycles. The molecule has 3 aromatic rings. The van der Waals surface area contributed by atoms with Crippen LogP contribution in [-0.2, 0) is 17.8 Å². The first kappa shape index (κ1) is 13.9. The van der Waals surface area contributed by atoms with Gasteiger partial charge in [-0.15, -0.1) is 5.10 Å². The fourth-order valence-corrected chi connectivity index (χ4v) is 2.12. The molecule has 0 fully saturated rings. The van der Waals surface area contributed by atoms with Crippen LogP contribution in [0.2, 0.25) is 0 Å². The highest BCUT2D eigenvalue weighted by atomic mass is 16.2. The van der Waals surface area contributed by atoms with Gasteiger partial charge in [-0.2, -0.15) is 0 Å². The topological polar surface area (TPSA) is 93.5 Å². The lowest BCUT2D eigenvalue weighted by Crippen LogP contribution is -2.20. The average Bonchev–Trinajstić information content (AvgIpc) is 3.20. The van der Waals surface area contributed by atoms with Gasteiger partial charge in [-0.25, -0.2) is 4.98 Å². The molecule has 0 bridgehead atoms. The maximum Gasteiger partial charge on any atom is 0.267 e. The van der Waals surface area contributed by atoms with Crippen molar-refractivity contribution in [3.8, 4) is 0 Å². The van der Waals surface area contributed by atoms with Gasteiger partial charge in [-0.05, 0) is 24.3 Å². The summed E-state index contributed by atoms with van der Waals surface area (Å²) in [6, 6.07) is 9.31. The number of pyridine rings is 1. The molecule has 1 N–H and O–H groups in total. The van der Waals surface area contributed by atoms with Gasteiger partial charge < -0.3 is 4.57 Å². The zero-order chi connectivity index (χ0) is 15.4. The molecule has 0 saturated heterocycles. The maximum absolute atomic E-state index is 12.0. The molecule has 0 aliphatic heterocycles. The van der Waals surface area contributed by atoms with Gasteiger partial charge in [-0.3, -0.25) is 19.7 Å². The van der Waals surface area contributed by atoms with Crippen LogP contribution in [0.25, 0.3) is 0 Å². The Morgan fingerprint density at radius 1 is 1.14 bits per heavy atom. The molecule has 0 aliphatic rings. The quantitative estimate of drug-likeness (QED) is 0.542. The second-order valence-electron chi connectivity index (χ2n) is 4.70. The third-order valence-electron chi connectivity index (χ3n) is 3.20. The molecule has 110 valence electrons. The van der Waals surface area contributed by atoms with Crippen LogP contribution in [-0.4, -0.2) is 36.3 Å². The number of aromatic nitrogens is 5. The number of hydrogen-bond acceptors (Lipinski definition) is 5. The Hall–Kier alpha value is -3.09. The van der Waals surface area contributed by atoms with Crippen LogP contribution in [0.1, 0.15) is 22.0 Å². The lowest BCUT2D eigenvalue weighted by molar-refractivity contribution is -0.114. The second-order valence-corrected chi connectivity index (χ2v) is 4.70. The van der Waals surface area contributed by atoms with E-state index >= 15 is 0 Å². The molecule has 0 aromatic carbocycles. The minimum Gasteiger partial charge on any atom is -0.345 e. The Morgan fingerprint density at radius 3 is 2.77 bits per heavy atom. The van der Waals surface area contributed by atoms with Crippen molar-refractivity contribution >= 4 is 11.6 Å². The molecular weight excluding hydrogens is 282 g/mol. The Bertz CT molecular complexity index is 777.